The molecule has 0 radical (unpaired) electrons. The van der Waals surface area contributed by atoms with E-state index in [4.69, 9.17) is 9.47 Å². The molecule has 6 nitrogen and oxygen atoms in total. The molecule has 0 saturated carbocycles. The maximum atomic E-state index is 13.5. The first-order valence-electron chi connectivity index (χ1n) is 11.6. The molecule has 174 valence electrons. The summed E-state index contributed by atoms with van der Waals surface area (Å²) in [5.41, 5.74) is 1.80. The maximum absolute atomic E-state index is 13.5. The van der Waals surface area contributed by atoms with Gasteiger partial charge in [0.2, 0.25) is 0 Å². The molecule has 1 N–H and O–H groups in total. The largest absolute Gasteiger partial charge is 0.497 e. The Labute approximate surface area is 192 Å². The van der Waals surface area contributed by atoms with Gasteiger partial charge in [-0.3, -0.25) is 0 Å². The molecule has 0 aliphatic carbocycles. The zero-order valence-electron chi connectivity index (χ0n) is 19.8. The number of benzene rings is 2. The molecule has 0 spiro atoms. The topological polar surface area (TPSA) is 54.0 Å². The third-order valence-corrected chi connectivity index (χ3v) is 6.33. The van der Waals surface area contributed by atoms with Crippen molar-refractivity contribution in [2.75, 3.05) is 32.6 Å². The third-order valence-electron chi connectivity index (χ3n) is 6.33. The minimum absolute atomic E-state index is 0.0933. The SMILES string of the molecule is CCCC(C)N1CCC(N(Cc2ccccc2)C(=O)Nc2cc(OC)cc(OC)c2)CC1. The van der Waals surface area contributed by atoms with Crippen LogP contribution in [0.15, 0.2) is 48.5 Å². The van der Waals surface area contributed by atoms with Crippen molar-refractivity contribution in [3.8, 4) is 11.5 Å². The highest BCUT2D eigenvalue weighted by Gasteiger charge is 2.29. The fourth-order valence-corrected chi connectivity index (χ4v) is 4.46. The molecule has 1 saturated heterocycles. The second-order valence-corrected chi connectivity index (χ2v) is 8.55. The smallest absolute Gasteiger partial charge is 0.322 e. The lowest BCUT2D eigenvalue weighted by atomic mass is 10.00. The predicted octanol–water partition coefficient (Wildman–Crippen LogP) is 5.39. The third kappa shape index (κ3) is 6.39. The summed E-state index contributed by atoms with van der Waals surface area (Å²) in [4.78, 5) is 18.0. The van der Waals surface area contributed by atoms with Gasteiger partial charge in [0.05, 0.1) is 14.2 Å². The van der Waals surface area contributed by atoms with Crippen molar-refractivity contribution >= 4 is 11.7 Å². The molecule has 3 rings (SSSR count). The Morgan fingerprint density at radius 2 is 1.72 bits per heavy atom. The number of hydrogen-bond donors (Lipinski definition) is 1. The van der Waals surface area contributed by atoms with Crippen molar-refractivity contribution in [1.29, 1.82) is 0 Å². The number of carbonyl (C=O) groups is 1. The highest BCUT2D eigenvalue weighted by atomic mass is 16.5. The Morgan fingerprint density at radius 1 is 1.09 bits per heavy atom. The van der Waals surface area contributed by atoms with E-state index in [-0.39, 0.29) is 12.1 Å². The molecule has 2 aromatic rings. The number of urea groups is 1. The lowest BCUT2D eigenvalue weighted by Gasteiger charge is -2.40. The Kier molecular flexibility index (Phi) is 8.80. The minimum Gasteiger partial charge on any atom is -0.497 e. The van der Waals surface area contributed by atoms with Crippen LogP contribution >= 0.6 is 0 Å². The van der Waals surface area contributed by atoms with Crippen molar-refractivity contribution in [3.05, 3.63) is 54.1 Å². The van der Waals surface area contributed by atoms with Gasteiger partial charge in [-0.15, -0.1) is 0 Å². The standard InChI is InChI=1S/C26H37N3O3/c1-5-9-20(2)28-14-12-23(13-15-28)29(19-21-10-7-6-8-11-21)26(30)27-22-16-24(31-3)18-25(17-22)32-4/h6-8,10-11,16-18,20,23H,5,9,12-15,19H2,1-4H3,(H,27,30). The van der Waals surface area contributed by atoms with Gasteiger partial charge in [0.15, 0.2) is 0 Å². The Balaban J connectivity index is 1.75. The average Bonchev–Trinajstić information content (AvgIpc) is 2.83. The van der Waals surface area contributed by atoms with Crippen LogP contribution in [0.4, 0.5) is 10.5 Å². The first-order chi connectivity index (χ1) is 15.5. The van der Waals surface area contributed by atoms with Gasteiger partial charge in [-0.25, -0.2) is 4.79 Å². The number of piperidine rings is 1. The van der Waals surface area contributed by atoms with E-state index in [1.165, 1.54) is 12.8 Å². The molecule has 1 atom stereocenters. The molecule has 1 heterocycles. The van der Waals surface area contributed by atoms with Crippen LogP contribution in [0.25, 0.3) is 0 Å². The molecule has 2 amide bonds. The van der Waals surface area contributed by atoms with E-state index >= 15 is 0 Å². The van der Waals surface area contributed by atoms with E-state index in [1.807, 2.05) is 35.2 Å². The first kappa shape index (κ1) is 23.9. The van der Waals surface area contributed by atoms with E-state index in [0.29, 0.717) is 29.8 Å². The predicted molar refractivity (Wildman–Crippen MR) is 130 cm³/mol. The summed E-state index contributed by atoms with van der Waals surface area (Å²) in [6, 6.07) is 16.3. The van der Waals surface area contributed by atoms with Crippen molar-refractivity contribution in [2.24, 2.45) is 0 Å². The monoisotopic (exact) mass is 439 g/mol. The lowest BCUT2D eigenvalue weighted by molar-refractivity contribution is 0.0989. The average molecular weight is 440 g/mol. The molecule has 1 unspecified atom stereocenters. The normalized spacial score (nSPS) is 15.8. The molecule has 0 bridgehead atoms. The summed E-state index contributed by atoms with van der Waals surface area (Å²) < 4.78 is 10.7. The number of anilines is 1. The van der Waals surface area contributed by atoms with Crippen LogP contribution in [0.5, 0.6) is 11.5 Å². The quantitative estimate of drug-likeness (QED) is 0.569. The number of ether oxygens (including phenoxy) is 2. The van der Waals surface area contributed by atoms with Gasteiger partial charge < -0.3 is 24.6 Å². The van der Waals surface area contributed by atoms with Gasteiger partial charge in [-0.05, 0) is 31.7 Å². The van der Waals surface area contributed by atoms with Crippen molar-refractivity contribution in [2.45, 2.75) is 58.2 Å². The zero-order chi connectivity index (χ0) is 22.9. The summed E-state index contributed by atoms with van der Waals surface area (Å²) in [5, 5.41) is 3.08. The van der Waals surface area contributed by atoms with E-state index in [2.05, 4.69) is 36.2 Å². The van der Waals surface area contributed by atoms with Crippen LogP contribution in [0, 0.1) is 0 Å². The molecular weight excluding hydrogens is 402 g/mol. The molecule has 0 aromatic heterocycles. The van der Waals surface area contributed by atoms with Crippen LogP contribution in [0.2, 0.25) is 0 Å². The summed E-state index contributed by atoms with van der Waals surface area (Å²) in [7, 11) is 3.21. The van der Waals surface area contributed by atoms with Crippen LogP contribution in [0.1, 0.15) is 45.1 Å². The minimum atomic E-state index is -0.0933. The number of carbonyl (C=O) groups excluding carboxylic acids is 1. The number of nitrogens with zero attached hydrogens (tertiary/aromatic N) is 2. The van der Waals surface area contributed by atoms with E-state index in [9.17, 15) is 4.79 Å². The highest BCUT2D eigenvalue weighted by molar-refractivity contribution is 5.90. The second-order valence-electron chi connectivity index (χ2n) is 8.55. The van der Waals surface area contributed by atoms with Crippen molar-refractivity contribution < 1.29 is 14.3 Å². The van der Waals surface area contributed by atoms with E-state index in [0.717, 1.165) is 31.5 Å². The number of hydrogen-bond acceptors (Lipinski definition) is 4. The molecule has 1 aliphatic rings. The molecule has 6 heteroatoms. The van der Waals surface area contributed by atoms with E-state index < -0.39 is 0 Å². The summed E-state index contributed by atoms with van der Waals surface area (Å²) >= 11 is 0. The number of amides is 2. The molecule has 1 fully saturated rings. The molecule has 32 heavy (non-hydrogen) atoms. The van der Waals surface area contributed by atoms with Crippen LogP contribution in [-0.4, -0.2) is 55.2 Å². The fourth-order valence-electron chi connectivity index (χ4n) is 4.46. The van der Waals surface area contributed by atoms with Crippen LogP contribution < -0.4 is 14.8 Å². The lowest BCUT2D eigenvalue weighted by Crippen LogP contribution is -2.50. The van der Waals surface area contributed by atoms with Crippen molar-refractivity contribution in [3.63, 3.8) is 0 Å². The Hall–Kier alpha value is -2.73. The number of rotatable bonds is 9. The van der Waals surface area contributed by atoms with Crippen LogP contribution in [-0.2, 0) is 6.54 Å². The molecule has 2 aromatic carbocycles. The van der Waals surface area contributed by atoms with Gasteiger partial charge >= 0.3 is 6.03 Å². The number of likely N-dealkylation sites (tertiary alicyclic amines) is 1. The van der Waals surface area contributed by atoms with Gasteiger partial charge in [0, 0.05) is 55.6 Å². The van der Waals surface area contributed by atoms with Gasteiger partial charge in [0.25, 0.3) is 0 Å². The molecular formula is C26H37N3O3. The Morgan fingerprint density at radius 3 is 2.28 bits per heavy atom. The first-order valence-corrected chi connectivity index (χ1v) is 11.6. The van der Waals surface area contributed by atoms with Crippen LogP contribution in [0.3, 0.4) is 0 Å². The summed E-state index contributed by atoms with van der Waals surface area (Å²) in [6.45, 7) is 7.19. The Bertz CT molecular complexity index is 828. The maximum Gasteiger partial charge on any atom is 0.322 e. The second kappa shape index (κ2) is 11.8. The van der Waals surface area contributed by atoms with Gasteiger partial charge in [0.1, 0.15) is 11.5 Å². The number of nitrogens with one attached hydrogen (secondary N) is 1. The van der Waals surface area contributed by atoms with Crippen molar-refractivity contribution in [1.82, 2.24) is 9.80 Å². The number of methoxy groups -OCH3 is 2. The van der Waals surface area contributed by atoms with Gasteiger partial charge in [-0.2, -0.15) is 0 Å². The highest BCUT2D eigenvalue weighted by Crippen LogP contribution is 2.27. The van der Waals surface area contributed by atoms with E-state index in [1.54, 1.807) is 20.3 Å². The molecule has 1 aliphatic heterocycles. The fraction of sp³-hybridized carbons (Fsp3) is 0.500. The zero-order valence-corrected chi connectivity index (χ0v) is 19.8. The summed E-state index contributed by atoms with van der Waals surface area (Å²) in [6.07, 6.45) is 4.38. The summed E-state index contributed by atoms with van der Waals surface area (Å²) in [5.74, 6) is 1.29. The van der Waals surface area contributed by atoms with Gasteiger partial charge in [-0.1, -0.05) is 43.7 Å².